The van der Waals surface area contributed by atoms with Crippen molar-refractivity contribution < 1.29 is 0 Å². The summed E-state index contributed by atoms with van der Waals surface area (Å²) in [5.41, 5.74) is 12.7. The number of hydrogen-bond donors (Lipinski definition) is 1. The summed E-state index contributed by atoms with van der Waals surface area (Å²) in [5, 5.41) is 0. The van der Waals surface area contributed by atoms with E-state index in [-0.39, 0.29) is 0 Å². The van der Waals surface area contributed by atoms with Gasteiger partial charge in [-0.2, -0.15) is 0 Å². The van der Waals surface area contributed by atoms with Crippen molar-refractivity contribution in [3.05, 3.63) is 53.6 Å². The molecule has 0 unspecified atom stereocenters. The molecule has 1 fully saturated rings. The topological polar surface area (TPSA) is 32.5 Å². The molecule has 1 saturated heterocycles. The first-order valence-electron chi connectivity index (χ1n) is 8.77. The van der Waals surface area contributed by atoms with Crippen molar-refractivity contribution >= 4 is 17.1 Å². The van der Waals surface area contributed by atoms with Crippen LogP contribution in [-0.2, 0) is 13.0 Å². The highest BCUT2D eigenvalue weighted by Gasteiger charge is 2.19. The first-order valence-corrected chi connectivity index (χ1v) is 8.77. The predicted octanol–water partition coefficient (Wildman–Crippen LogP) is 3.82. The van der Waals surface area contributed by atoms with Crippen molar-refractivity contribution in [3.8, 4) is 0 Å². The molecule has 3 nitrogen and oxygen atoms in total. The lowest BCUT2D eigenvalue weighted by Gasteiger charge is -2.33. The van der Waals surface area contributed by atoms with Gasteiger partial charge in [0.2, 0.25) is 0 Å². The molecule has 0 aromatic heterocycles. The number of benzene rings is 2. The van der Waals surface area contributed by atoms with Gasteiger partial charge in [0.15, 0.2) is 0 Å². The Labute approximate surface area is 138 Å². The highest BCUT2D eigenvalue weighted by molar-refractivity contribution is 5.73. The molecule has 0 bridgehead atoms. The van der Waals surface area contributed by atoms with Crippen molar-refractivity contribution in [1.82, 2.24) is 0 Å². The molecule has 2 aliphatic heterocycles. The van der Waals surface area contributed by atoms with E-state index in [0.717, 1.165) is 38.3 Å². The van der Waals surface area contributed by atoms with Gasteiger partial charge < -0.3 is 15.5 Å². The molecule has 2 heterocycles. The summed E-state index contributed by atoms with van der Waals surface area (Å²) in [4.78, 5) is 4.88. The maximum Gasteiger partial charge on any atom is 0.0604 e. The van der Waals surface area contributed by atoms with Gasteiger partial charge in [0.1, 0.15) is 0 Å². The minimum atomic E-state index is 0.910. The molecule has 0 amide bonds. The molecule has 0 saturated carbocycles. The molecular formula is C20H25N3. The molecule has 3 heteroatoms. The van der Waals surface area contributed by atoms with Crippen LogP contribution < -0.4 is 15.5 Å². The molecule has 2 aliphatic rings. The maximum atomic E-state index is 6.41. The Morgan fingerprint density at radius 2 is 1.57 bits per heavy atom. The normalized spacial score (nSPS) is 17.9. The molecule has 2 aromatic carbocycles. The van der Waals surface area contributed by atoms with Crippen LogP contribution >= 0.6 is 0 Å². The molecule has 0 atom stereocenters. The Morgan fingerprint density at radius 3 is 2.35 bits per heavy atom. The van der Waals surface area contributed by atoms with E-state index < -0.39 is 0 Å². The van der Waals surface area contributed by atoms with E-state index >= 15 is 0 Å². The fraction of sp³-hybridized carbons (Fsp3) is 0.400. The molecule has 0 aliphatic carbocycles. The number of nitrogen functional groups attached to an aromatic ring is 1. The minimum Gasteiger partial charge on any atom is -0.397 e. The van der Waals surface area contributed by atoms with Crippen molar-refractivity contribution in [1.29, 1.82) is 0 Å². The summed E-state index contributed by atoms with van der Waals surface area (Å²) in [6, 6.07) is 15.4. The summed E-state index contributed by atoms with van der Waals surface area (Å²) >= 11 is 0. The molecule has 0 radical (unpaired) electrons. The zero-order chi connectivity index (χ0) is 15.6. The third-order valence-corrected chi connectivity index (χ3v) is 5.20. The van der Waals surface area contributed by atoms with Gasteiger partial charge in [-0.05, 0) is 55.0 Å². The predicted molar refractivity (Wildman–Crippen MR) is 98.1 cm³/mol. The Balaban J connectivity index is 1.56. The molecule has 4 rings (SSSR count). The zero-order valence-electron chi connectivity index (χ0n) is 13.7. The fourth-order valence-corrected chi connectivity index (χ4v) is 3.88. The van der Waals surface area contributed by atoms with Crippen LogP contribution in [0.3, 0.4) is 0 Å². The monoisotopic (exact) mass is 307 g/mol. The molecule has 23 heavy (non-hydrogen) atoms. The van der Waals surface area contributed by atoms with E-state index in [2.05, 4.69) is 52.3 Å². The minimum absolute atomic E-state index is 0.910. The largest absolute Gasteiger partial charge is 0.397 e. The van der Waals surface area contributed by atoms with Gasteiger partial charge in [-0.15, -0.1) is 0 Å². The SMILES string of the molecule is Nc1cc(N2CCCCC2)ccc1N1CCc2ccccc2C1. The summed E-state index contributed by atoms with van der Waals surface area (Å²) in [6.07, 6.45) is 5.05. The number of nitrogens with two attached hydrogens (primary N) is 1. The van der Waals surface area contributed by atoms with Crippen LogP contribution in [0, 0.1) is 0 Å². The third-order valence-electron chi connectivity index (χ3n) is 5.20. The van der Waals surface area contributed by atoms with E-state index in [1.165, 1.54) is 41.8 Å². The number of nitrogens with zero attached hydrogens (tertiary/aromatic N) is 2. The van der Waals surface area contributed by atoms with Gasteiger partial charge in [0.25, 0.3) is 0 Å². The lowest BCUT2D eigenvalue weighted by atomic mass is 9.99. The molecule has 120 valence electrons. The van der Waals surface area contributed by atoms with Crippen LogP contribution in [0.4, 0.5) is 17.1 Å². The number of hydrogen-bond acceptors (Lipinski definition) is 3. The fourth-order valence-electron chi connectivity index (χ4n) is 3.88. The standard InChI is InChI=1S/C20H25N3/c21-19-14-18(22-11-4-1-5-12-22)8-9-20(19)23-13-10-16-6-2-3-7-17(16)15-23/h2-3,6-9,14H,1,4-5,10-13,15,21H2. The average Bonchev–Trinajstić information content (AvgIpc) is 2.62. The lowest BCUT2D eigenvalue weighted by Crippen LogP contribution is -2.31. The second kappa shape index (κ2) is 6.15. The Morgan fingerprint density at radius 1 is 0.783 bits per heavy atom. The Bertz CT molecular complexity index is 689. The summed E-state index contributed by atoms with van der Waals surface area (Å²) in [5.74, 6) is 0. The first-order chi connectivity index (χ1) is 11.3. The van der Waals surface area contributed by atoms with Crippen LogP contribution in [0.5, 0.6) is 0 Å². The second-order valence-electron chi connectivity index (χ2n) is 6.73. The number of rotatable bonds is 2. The van der Waals surface area contributed by atoms with Crippen molar-refractivity contribution in [3.63, 3.8) is 0 Å². The van der Waals surface area contributed by atoms with Crippen LogP contribution in [-0.4, -0.2) is 19.6 Å². The van der Waals surface area contributed by atoms with E-state index in [0.29, 0.717) is 0 Å². The number of piperidine rings is 1. The van der Waals surface area contributed by atoms with Gasteiger partial charge >= 0.3 is 0 Å². The highest BCUT2D eigenvalue weighted by atomic mass is 15.2. The Hall–Kier alpha value is -2.16. The summed E-state index contributed by atoms with van der Waals surface area (Å²) in [6.45, 7) is 4.33. The van der Waals surface area contributed by atoms with Gasteiger partial charge in [0, 0.05) is 31.9 Å². The molecule has 2 aromatic rings. The van der Waals surface area contributed by atoms with Crippen molar-refractivity contribution in [2.75, 3.05) is 35.2 Å². The smallest absolute Gasteiger partial charge is 0.0604 e. The van der Waals surface area contributed by atoms with Crippen LogP contribution in [0.1, 0.15) is 30.4 Å². The van der Waals surface area contributed by atoms with E-state index in [1.54, 1.807) is 0 Å². The summed E-state index contributed by atoms with van der Waals surface area (Å²) in [7, 11) is 0. The highest BCUT2D eigenvalue weighted by Crippen LogP contribution is 2.32. The van der Waals surface area contributed by atoms with E-state index in [1.807, 2.05) is 0 Å². The second-order valence-corrected chi connectivity index (χ2v) is 6.73. The lowest BCUT2D eigenvalue weighted by molar-refractivity contribution is 0.578. The first kappa shape index (κ1) is 14.4. The van der Waals surface area contributed by atoms with Gasteiger partial charge in [-0.1, -0.05) is 24.3 Å². The van der Waals surface area contributed by atoms with E-state index in [9.17, 15) is 0 Å². The quantitative estimate of drug-likeness (QED) is 0.856. The van der Waals surface area contributed by atoms with Gasteiger partial charge in [0.05, 0.1) is 11.4 Å². The van der Waals surface area contributed by atoms with Crippen molar-refractivity contribution in [2.24, 2.45) is 0 Å². The third kappa shape index (κ3) is 2.88. The molecule has 2 N–H and O–H groups in total. The number of fused-ring (bicyclic) bond motifs is 1. The van der Waals surface area contributed by atoms with E-state index in [4.69, 9.17) is 5.73 Å². The van der Waals surface area contributed by atoms with Crippen LogP contribution in [0.25, 0.3) is 0 Å². The van der Waals surface area contributed by atoms with Gasteiger partial charge in [-0.25, -0.2) is 0 Å². The Kier molecular flexibility index (Phi) is 3.86. The molecule has 0 spiro atoms. The zero-order valence-corrected chi connectivity index (χ0v) is 13.7. The molecular weight excluding hydrogens is 282 g/mol. The maximum absolute atomic E-state index is 6.41. The van der Waals surface area contributed by atoms with Gasteiger partial charge in [-0.3, -0.25) is 0 Å². The number of anilines is 3. The summed E-state index contributed by atoms with van der Waals surface area (Å²) < 4.78 is 0. The van der Waals surface area contributed by atoms with Crippen LogP contribution in [0.2, 0.25) is 0 Å². The van der Waals surface area contributed by atoms with Crippen molar-refractivity contribution in [2.45, 2.75) is 32.2 Å². The average molecular weight is 307 g/mol. The van der Waals surface area contributed by atoms with Crippen LogP contribution in [0.15, 0.2) is 42.5 Å².